The number of nitrogen functional groups attached to an aromatic ring is 1. The predicted octanol–water partition coefficient (Wildman–Crippen LogP) is 3.41. The molecule has 0 spiro atoms. The third kappa shape index (κ3) is 4.00. The van der Waals surface area contributed by atoms with E-state index in [-0.39, 0.29) is 16.9 Å². The molecule has 0 aliphatic heterocycles. The van der Waals surface area contributed by atoms with Gasteiger partial charge in [0.15, 0.2) is 0 Å². The third-order valence-corrected chi connectivity index (χ3v) is 4.60. The maximum atomic E-state index is 9.83. The maximum Gasteiger partial charge on any atom is 0.149 e. The summed E-state index contributed by atoms with van der Waals surface area (Å²) in [5.74, 6) is -0.188. The van der Waals surface area contributed by atoms with Gasteiger partial charge in [-0.25, -0.2) is 4.98 Å². The van der Waals surface area contributed by atoms with Crippen LogP contribution in [-0.4, -0.2) is 18.1 Å². The van der Waals surface area contributed by atoms with Crippen molar-refractivity contribution in [3.8, 4) is 18.2 Å². The second-order valence-electron chi connectivity index (χ2n) is 6.25. The standard InChI is InChI=1S/C21H22N6/c1-4-27(5-2)21-18(13-24)19(17(12-23)20(25)26-21)16(11-22)10-15-8-6-14(3)7-9-15/h6-9,16H,4-5,10H2,1-3H3,(H2,25,26). The highest BCUT2D eigenvalue weighted by molar-refractivity contribution is 5.70. The maximum absolute atomic E-state index is 9.83. The topological polar surface area (TPSA) is 114 Å². The van der Waals surface area contributed by atoms with Gasteiger partial charge < -0.3 is 10.6 Å². The Morgan fingerprint density at radius 3 is 2.11 bits per heavy atom. The Morgan fingerprint density at radius 2 is 1.63 bits per heavy atom. The van der Waals surface area contributed by atoms with Gasteiger partial charge in [0, 0.05) is 18.7 Å². The fourth-order valence-corrected chi connectivity index (χ4v) is 3.11. The zero-order chi connectivity index (χ0) is 20.0. The first kappa shape index (κ1) is 19.8. The van der Waals surface area contributed by atoms with E-state index in [1.807, 2.05) is 56.0 Å². The van der Waals surface area contributed by atoms with Crippen molar-refractivity contribution in [2.24, 2.45) is 0 Å². The minimum absolute atomic E-state index is 0.0533. The smallest absolute Gasteiger partial charge is 0.149 e. The lowest BCUT2D eigenvalue weighted by Crippen LogP contribution is -2.26. The lowest BCUT2D eigenvalue weighted by molar-refractivity contribution is 0.816. The first-order chi connectivity index (χ1) is 13.0. The average Bonchev–Trinajstić information content (AvgIpc) is 2.68. The van der Waals surface area contributed by atoms with Crippen LogP contribution >= 0.6 is 0 Å². The van der Waals surface area contributed by atoms with Gasteiger partial charge in [0.25, 0.3) is 0 Å². The molecule has 0 amide bonds. The van der Waals surface area contributed by atoms with Crippen molar-refractivity contribution in [1.29, 1.82) is 15.8 Å². The van der Waals surface area contributed by atoms with E-state index in [4.69, 9.17) is 5.73 Å². The Morgan fingerprint density at radius 1 is 1.04 bits per heavy atom. The number of aromatic nitrogens is 1. The molecule has 1 heterocycles. The fraction of sp³-hybridized carbons (Fsp3) is 0.333. The van der Waals surface area contributed by atoms with Crippen LogP contribution in [0, 0.1) is 40.9 Å². The number of nitrogens with two attached hydrogens (primary N) is 1. The van der Waals surface area contributed by atoms with Gasteiger partial charge in [-0.3, -0.25) is 0 Å². The van der Waals surface area contributed by atoms with E-state index < -0.39 is 5.92 Å². The second-order valence-corrected chi connectivity index (χ2v) is 6.25. The monoisotopic (exact) mass is 358 g/mol. The summed E-state index contributed by atoms with van der Waals surface area (Å²) in [5.41, 5.74) is 8.85. The van der Waals surface area contributed by atoms with Crippen LogP contribution in [0.2, 0.25) is 0 Å². The molecule has 0 bridgehead atoms. The van der Waals surface area contributed by atoms with E-state index in [1.54, 1.807) is 0 Å². The van der Waals surface area contributed by atoms with Crippen LogP contribution in [0.4, 0.5) is 11.6 Å². The number of rotatable bonds is 6. The molecule has 1 aromatic heterocycles. The highest BCUT2D eigenvalue weighted by Gasteiger charge is 2.27. The number of benzene rings is 1. The first-order valence-electron chi connectivity index (χ1n) is 8.84. The lowest BCUT2D eigenvalue weighted by Gasteiger charge is -2.24. The Kier molecular flexibility index (Phi) is 6.36. The normalized spacial score (nSPS) is 11.1. The number of nitriles is 3. The molecule has 2 N–H and O–H groups in total. The Labute approximate surface area is 160 Å². The lowest BCUT2D eigenvalue weighted by atomic mass is 9.87. The van der Waals surface area contributed by atoms with E-state index >= 15 is 0 Å². The van der Waals surface area contributed by atoms with Crippen LogP contribution < -0.4 is 10.6 Å². The number of pyridine rings is 1. The summed E-state index contributed by atoms with van der Waals surface area (Å²) in [5, 5.41) is 29.3. The van der Waals surface area contributed by atoms with Crippen molar-refractivity contribution >= 4 is 11.6 Å². The SMILES string of the molecule is CCN(CC)c1nc(N)c(C#N)c(C(C#N)Cc2ccc(C)cc2)c1C#N. The minimum atomic E-state index is -0.670. The molecular weight excluding hydrogens is 336 g/mol. The molecule has 136 valence electrons. The average molecular weight is 358 g/mol. The third-order valence-electron chi connectivity index (χ3n) is 4.60. The number of hydrogen-bond donors (Lipinski definition) is 1. The highest BCUT2D eigenvalue weighted by Crippen LogP contribution is 2.34. The summed E-state index contributed by atoms with van der Waals surface area (Å²) >= 11 is 0. The van der Waals surface area contributed by atoms with Crippen molar-refractivity contribution in [2.75, 3.05) is 23.7 Å². The largest absolute Gasteiger partial charge is 0.383 e. The molecule has 0 fully saturated rings. The van der Waals surface area contributed by atoms with Crippen LogP contribution in [0.5, 0.6) is 0 Å². The van der Waals surface area contributed by atoms with Crippen molar-refractivity contribution in [2.45, 2.75) is 33.1 Å². The molecule has 0 aliphatic carbocycles. The van der Waals surface area contributed by atoms with Crippen molar-refractivity contribution in [1.82, 2.24) is 4.98 Å². The molecule has 27 heavy (non-hydrogen) atoms. The minimum Gasteiger partial charge on any atom is -0.383 e. The van der Waals surface area contributed by atoms with Crippen LogP contribution in [0.25, 0.3) is 0 Å². The van der Waals surface area contributed by atoms with E-state index in [0.717, 1.165) is 11.1 Å². The number of hydrogen-bond acceptors (Lipinski definition) is 6. The first-order valence-corrected chi connectivity index (χ1v) is 8.84. The number of anilines is 2. The summed E-state index contributed by atoms with van der Waals surface area (Å²) in [6.07, 6.45) is 0.390. The highest BCUT2D eigenvalue weighted by atomic mass is 15.2. The van der Waals surface area contributed by atoms with Gasteiger partial charge >= 0.3 is 0 Å². The van der Waals surface area contributed by atoms with E-state index in [1.165, 1.54) is 0 Å². The summed E-state index contributed by atoms with van der Waals surface area (Å²) < 4.78 is 0. The van der Waals surface area contributed by atoms with Gasteiger partial charge in [-0.2, -0.15) is 15.8 Å². The fourth-order valence-electron chi connectivity index (χ4n) is 3.11. The molecule has 0 aliphatic rings. The molecule has 6 heteroatoms. The van der Waals surface area contributed by atoms with Gasteiger partial charge in [-0.1, -0.05) is 29.8 Å². The molecule has 1 unspecified atom stereocenters. The molecule has 6 nitrogen and oxygen atoms in total. The van der Waals surface area contributed by atoms with Crippen LogP contribution in [0.3, 0.4) is 0 Å². The van der Waals surface area contributed by atoms with Crippen molar-refractivity contribution in [3.63, 3.8) is 0 Å². The van der Waals surface area contributed by atoms with Crippen LogP contribution in [0.15, 0.2) is 24.3 Å². The van der Waals surface area contributed by atoms with E-state index in [0.29, 0.717) is 30.9 Å². The summed E-state index contributed by atoms with van der Waals surface area (Å²) in [6.45, 7) is 7.17. The molecule has 0 saturated heterocycles. The van der Waals surface area contributed by atoms with Crippen molar-refractivity contribution in [3.05, 3.63) is 52.1 Å². The van der Waals surface area contributed by atoms with E-state index in [9.17, 15) is 15.8 Å². The van der Waals surface area contributed by atoms with E-state index in [2.05, 4.69) is 17.1 Å². The Hall–Kier alpha value is -3.56. The number of nitrogens with zero attached hydrogens (tertiary/aromatic N) is 5. The van der Waals surface area contributed by atoms with Gasteiger partial charge in [-0.05, 0) is 32.8 Å². The second kappa shape index (κ2) is 8.70. The molecule has 0 saturated carbocycles. The van der Waals surface area contributed by atoms with Crippen molar-refractivity contribution < 1.29 is 0 Å². The quantitative estimate of drug-likeness (QED) is 0.846. The molecular formula is C21H22N6. The van der Waals surface area contributed by atoms with Crippen LogP contribution in [0.1, 0.15) is 47.6 Å². The zero-order valence-electron chi connectivity index (χ0n) is 15.8. The number of aryl methyl sites for hydroxylation is 1. The molecule has 1 aromatic carbocycles. The Bertz CT molecular complexity index is 937. The molecule has 1 atom stereocenters. The Balaban J connectivity index is 2.67. The summed E-state index contributed by atoms with van der Waals surface area (Å²) in [7, 11) is 0. The van der Waals surface area contributed by atoms with Gasteiger partial charge in [0.1, 0.15) is 34.9 Å². The van der Waals surface area contributed by atoms with Gasteiger partial charge in [-0.15, -0.1) is 0 Å². The predicted molar refractivity (Wildman–Crippen MR) is 105 cm³/mol. The summed E-state index contributed by atoms with van der Waals surface area (Å²) in [4.78, 5) is 6.20. The molecule has 0 radical (unpaired) electrons. The van der Waals surface area contributed by atoms with Crippen LogP contribution in [-0.2, 0) is 6.42 Å². The summed E-state index contributed by atoms with van der Waals surface area (Å²) in [6, 6.07) is 14.3. The molecule has 2 aromatic rings. The zero-order valence-corrected chi connectivity index (χ0v) is 15.8. The van der Waals surface area contributed by atoms with Gasteiger partial charge in [0.05, 0.1) is 12.0 Å². The molecule has 2 rings (SSSR count). The van der Waals surface area contributed by atoms with Gasteiger partial charge in [0.2, 0.25) is 0 Å².